The molecule has 1 aliphatic rings. The van der Waals surface area contributed by atoms with Crippen molar-refractivity contribution in [2.75, 3.05) is 0 Å². The summed E-state index contributed by atoms with van der Waals surface area (Å²) in [5.41, 5.74) is -1.77. The molecule has 0 amide bonds. The second-order valence-electron chi connectivity index (χ2n) is 4.34. The maximum absolute atomic E-state index is 13.4. The summed E-state index contributed by atoms with van der Waals surface area (Å²) in [6, 6.07) is 1.69. The summed E-state index contributed by atoms with van der Waals surface area (Å²) in [5.74, 6) is -1.61. The lowest BCUT2D eigenvalue weighted by Crippen LogP contribution is -2.33. The summed E-state index contributed by atoms with van der Waals surface area (Å²) >= 11 is 0. The molecule has 1 N–H and O–H groups in total. The highest BCUT2D eigenvalue weighted by Gasteiger charge is 2.40. The van der Waals surface area contributed by atoms with E-state index >= 15 is 0 Å². The molecule has 0 aromatic heterocycles. The third-order valence-corrected chi connectivity index (χ3v) is 4.40. The molecule has 1 aliphatic carbocycles. The van der Waals surface area contributed by atoms with Crippen molar-refractivity contribution in [2.24, 2.45) is 0 Å². The smallest absolute Gasteiger partial charge is 0.207 e. The van der Waals surface area contributed by atoms with Gasteiger partial charge in [-0.2, -0.15) is 13.2 Å². The standard InChI is InChI=1S/C12H11F4NO2S/c13-9-6-3-7-10(11(9)12(14,15)16)20(18,19)17-8-4-1-2-5-8/h1,3-4,6-8,17H,2,5H2. The van der Waals surface area contributed by atoms with Crippen molar-refractivity contribution < 1.29 is 26.0 Å². The van der Waals surface area contributed by atoms with E-state index in [1.54, 1.807) is 12.2 Å². The molecule has 0 heterocycles. The minimum Gasteiger partial charge on any atom is -0.207 e. The summed E-state index contributed by atoms with van der Waals surface area (Å²) in [6.07, 6.45) is -0.688. The molecule has 0 saturated heterocycles. The molecule has 0 aliphatic heterocycles. The molecule has 0 radical (unpaired) electrons. The molecule has 8 heteroatoms. The summed E-state index contributed by atoms with van der Waals surface area (Å²) in [7, 11) is -4.44. The SMILES string of the molecule is O=S(=O)(NC1C=CCC1)c1cccc(F)c1C(F)(F)F. The van der Waals surface area contributed by atoms with Gasteiger partial charge in [-0.3, -0.25) is 0 Å². The van der Waals surface area contributed by atoms with Gasteiger partial charge in [0.15, 0.2) is 0 Å². The van der Waals surface area contributed by atoms with Gasteiger partial charge < -0.3 is 0 Å². The number of allylic oxidation sites excluding steroid dienone is 1. The van der Waals surface area contributed by atoms with Gasteiger partial charge in [0.2, 0.25) is 10.0 Å². The van der Waals surface area contributed by atoms with Crippen LogP contribution in [0.15, 0.2) is 35.2 Å². The molecular formula is C12H11F4NO2S. The van der Waals surface area contributed by atoms with Crippen LogP contribution in [-0.2, 0) is 16.2 Å². The summed E-state index contributed by atoms with van der Waals surface area (Å²) in [6.45, 7) is 0. The molecule has 0 bridgehead atoms. The van der Waals surface area contributed by atoms with Crippen LogP contribution in [0, 0.1) is 5.82 Å². The number of alkyl halides is 3. The van der Waals surface area contributed by atoms with Gasteiger partial charge in [-0.25, -0.2) is 17.5 Å². The van der Waals surface area contributed by atoms with Gasteiger partial charge in [-0.15, -0.1) is 0 Å². The van der Waals surface area contributed by atoms with E-state index in [0.29, 0.717) is 18.9 Å². The Morgan fingerprint density at radius 3 is 2.50 bits per heavy atom. The number of rotatable bonds is 3. The largest absolute Gasteiger partial charge is 0.420 e. The highest BCUT2D eigenvalue weighted by molar-refractivity contribution is 7.89. The van der Waals surface area contributed by atoms with E-state index in [1.165, 1.54) is 0 Å². The van der Waals surface area contributed by atoms with Crippen LogP contribution in [0.4, 0.5) is 17.6 Å². The van der Waals surface area contributed by atoms with Gasteiger partial charge in [0.05, 0.1) is 4.90 Å². The quantitative estimate of drug-likeness (QED) is 0.689. The van der Waals surface area contributed by atoms with Gasteiger partial charge in [0.25, 0.3) is 0 Å². The first kappa shape index (κ1) is 15.0. The van der Waals surface area contributed by atoms with Gasteiger partial charge in [-0.1, -0.05) is 18.2 Å². The van der Waals surface area contributed by atoms with Crippen molar-refractivity contribution >= 4 is 10.0 Å². The molecule has 1 atom stereocenters. The van der Waals surface area contributed by atoms with Gasteiger partial charge in [0, 0.05) is 6.04 Å². The molecular weight excluding hydrogens is 298 g/mol. The van der Waals surface area contributed by atoms with Crippen molar-refractivity contribution in [1.82, 2.24) is 4.72 Å². The number of hydrogen-bond acceptors (Lipinski definition) is 2. The predicted octanol–water partition coefficient (Wildman–Crippen LogP) is 2.84. The average Bonchev–Trinajstić information content (AvgIpc) is 2.79. The van der Waals surface area contributed by atoms with Crippen LogP contribution in [0.1, 0.15) is 18.4 Å². The minimum atomic E-state index is -5.08. The van der Waals surface area contributed by atoms with E-state index in [4.69, 9.17) is 0 Å². The molecule has 0 spiro atoms. The van der Waals surface area contributed by atoms with Crippen molar-refractivity contribution in [3.63, 3.8) is 0 Å². The average molecular weight is 309 g/mol. The molecule has 110 valence electrons. The maximum atomic E-state index is 13.4. The fraction of sp³-hybridized carbons (Fsp3) is 0.333. The number of sulfonamides is 1. The van der Waals surface area contributed by atoms with Crippen LogP contribution in [0.25, 0.3) is 0 Å². The Labute approximate surface area is 113 Å². The van der Waals surface area contributed by atoms with E-state index in [0.717, 1.165) is 12.1 Å². The first-order valence-corrected chi connectivity index (χ1v) is 7.25. The van der Waals surface area contributed by atoms with Crippen LogP contribution in [0.5, 0.6) is 0 Å². The van der Waals surface area contributed by atoms with Crippen molar-refractivity contribution in [3.8, 4) is 0 Å². The second kappa shape index (κ2) is 5.17. The Kier molecular flexibility index (Phi) is 3.88. The van der Waals surface area contributed by atoms with E-state index in [-0.39, 0.29) is 0 Å². The van der Waals surface area contributed by atoms with E-state index in [2.05, 4.69) is 4.72 Å². The zero-order valence-electron chi connectivity index (χ0n) is 10.1. The van der Waals surface area contributed by atoms with Crippen LogP contribution < -0.4 is 4.72 Å². The van der Waals surface area contributed by atoms with Gasteiger partial charge in [-0.05, 0) is 25.0 Å². The Morgan fingerprint density at radius 2 is 1.95 bits per heavy atom. The third kappa shape index (κ3) is 3.01. The molecule has 20 heavy (non-hydrogen) atoms. The van der Waals surface area contributed by atoms with E-state index < -0.39 is 38.5 Å². The molecule has 1 aromatic rings. The zero-order valence-corrected chi connectivity index (χ0v) is 10.9. The molecule has 2 rings (SSSR count). The highest BCUT2D eigenvalue weighted by Crippen LogP contribution is 2.36. The lowest BCUT2D eigenvalue weighted by atomic mass is 10.2. The van der Waals surface area contributed by atoms with E-state index in [9.17, 15) is 26.0 Å². The number of benzene rings is 1. The predicted molar refractivity (Wildman–Crippen MR) is 63.9 cm³/mol. The molecule has 0 fully saturated rings. The lowest BCUT2D eigenvalue weighted by molar-refractivity contribution is -0.142. The summed E-state index contributed by atoms with van der Waals surface area (Å²) in [4.78, 5) is -1.09. The molecule has 1 unspecified atom stereocenters. The molecule has 0 saturated carbocycles. The van der Waals surface area contributed by atoms with Crippen LogP contribution >= 0.6 is 0 Å². The van der Waals surface area contributed by atoms with Crippen LogP contribution in [-0.4, -0.2) is 14.5 Å². The highest BCUT2D eigenvalue weighted by atomic mass is 32.2. The third-order valence-electron chi connectivity index (χ3n) is 2.87. The first-order chi connectivity index (χ1) is 9.22. The van der Waals surface area contributed by atoms with Gasteiger partial charge >= 0.3 is 6.18 Å². The Morgan fingerprint density at radius 1 is 1.25 bits per heavy atom. The number of halogens is 4. The topological polar surface area (TPSA) is 46.2 Å². The first-order valence-electron chi connectivity index (χ1n) is 5.76. The number of nitrogens with one attached hydrogen (secondary N) is 1. The van der Waals surface area contributed by atoms with Crippen molar-refractivity contribution in [3.05, 3.63) is 41.7 Å². The Hall–Kier alpha value is -1.41. The van der Waals surface area contributed by atoms with Crippen molar-refractivity contribution in [1.29, 1.82) is 0 Å². The fourth-order valence-corrected chi connectivity index (χ4v) is 3.46. The number of hydrogen-bond donors (Lipinski definition) is 1. The summed E-state index contributed by atoms with van der Waals surface area (Å²) in [5, 5.41) is 0. The van der Waals surface area contributed by atoms with Crippen LogP contribution in [0.2, 0.25) is 0 Å². The Balaban J connectivity index is 2.46. The van der Waals surface area contributed by atoms with Crippen molar-refractivity contribution in [2.45, 2.75) is 30.0 Å². The molecule has 3 nitrogen and oxygen atoms in total. The second-order valence-corrected chi connectivity index (χ2v) is 6.03. The summed E-state index contributed by atoms with van der Waals surface area (Å²) < 4.78 is 77.9. The normalized spacial score (nSPS) is 19.5. The zero-order chi connectivity index (χ0) is 15.0. The van der Waals surface area contributed by atoms with Gasteiger partial charge in [0.1, 0.15) is 11.4 Å². The van der Waals surface area contributed by atoms with E-state index in [1.807, 2.05) is 0 Å². The maximum Gasteiger partial charge on any atom is 0.420 e. The molecule has 1 aromatic carbocycles. The minimum absolute atomic E-state index is 0.468. The van der Waals surface area contributed by atoms with Crippen LogP contribution in [0.3, 0.4) is 0 Å². The monoisotopic (exact) mass is 309 g/mol. The fourth-order valence-electron chi connectivity index (χ4n) is 2.00. The Bertz CT molecular complexity index is 637. The lowest BCUT2D eigenvalue weighted by Gasteiger charge is -2.16.